The van der Waals surface area contributed by atoms with E-state index < -0.39 is 17.9 Å². The zero-order valence-corrected chi connectivity index (χ0v) is 23.7. The maximum atomic E-state index is 10.4. The summed E-state index contributed by atoms with van der Waals surface area (Å²) in [6, 6.07) is 7.68. The molecule has 0 radical (unpaired) electrons. The number of carbonyl (C=O) groups is 3. The van der Waals surface area contributed by atoms with E-state index >= 15 is 0 Å². The van der Waals surface area contributed by atoms with Crippen molar-refractivity contribution in [2.24, 2.45) is 0 Å². The van der Waals surface area contributed by atoms with Crippen LogP contribution < -0.4 is 32.5 Å². The number of carboxylic acids is 3. The van der Waals surface area contributed by atoms with Crippen molar-refractivity contribution >= 4 is 122 Å². The zero-order chi connectivity index (χ0) is 27.9. The van der Waals surface area contributed by atoms with Crippen LogP contribution in [-0.4, -0.2) is 35.3 Å². The van der Waals surface area contributed by atoms with Gasteiger partial charge in [-0.05, 0) is 36.4 Å². The molecule has 0 heterocycles. The van der Waals surface area contributed by atoms with Crippen LogP contribution in [0.15, 0.2) is 36.4 Å². The van der Waals surface area contributed by atoms with Crippen LogP contribution in [0.25, 0.3) is 0 Å². The van der Waals surface area contributed by atoms with E-state index in [2.05, 4.69) is 0 Å². The average molecular weight is 642 g/mol. The molecule has 192 valence electrons. The van der Waals surface area contributed by atoms with Crippen LogP contribution in [0.5, 0.6) is 0 Å². The van der Waals surface area contributed by atoms with Gasteiger partial charge in [-0.3, -0.25) is 0 Å². The topological polar surface area (TPSA) is 198 Å². The maximum absolute atomic E-state index is 10.4. The van der Waals surface area contributed by atoms with E-state index in [1.54, 1.807) is 0 Å². The van der Waals surface area contributed by atoms with E-state index in [1.165, 1.54) is 36.4 Å². The van der Waals surface area contributed by atoms with Crippen molar-refractivity contribution in [2.45, 2.75) is 0 Å². The fraction of sp³-hybridized carbons (Fsp3) is 0. The molecule has 0 spiro atoms. The molecule has 0 amide bonds. The second-order valence-electron chi connectivity index (χ2n) is 6.43. The normalized spacial score (nSPS) is 9.57. The van der Waals surface area contributed by atoms with Crippen LogP contribution in [0.1, 0.15) is 31.1 Å². The van der Waals surface area contributed by atoms with Crippen molar-refractivity contribution < 1.29 is 29.7 Å². The first-order chi connectivity index (χ1) is 16.6. The van der Waals surface area contributed by atoms with Gasteiger partial charge in [0, 0.05) is 31.8 Å². The molecule has 0 atom stereocenters. The molecular weight excluding hydrogens is 630 g/mol. The van der Waals surface area contributed by atoms with Crippen molar-refractivity contribution in [2.75, 3.05) is 17.2 Å². The molecule has 9 nitrogen and oxygen atoms in total. The van der Waals surface area contributed by atoms with Gasteiger partial charge in [0.05, 0.1) is 50.0 Å². The summed E-state index contributed by atoms with van der Waals surface area (Å²) in [6.07, 6.45) is 0. The van der Waals surface area contributed by atoms with E-state index in [0.717, 1.165) is 0 Å². The molecule has 37 heavy (non-hydrogen) atoms. The third-order valence-corrected chi connectivity index (χ3v) is 5.78. The number of rotatable bonds is 3. The van der Waals surface area contributed by atoms with Crippen LogP contribution in [0, 0.1) is 0 Å². The standard InChI is InChI=1S/3C7H5Cl2NO2.Al/c3*8-3-1-4(7(11)12)6(9)5(10)2-3;/h3*1-2H,10H2,(H,11,12);/q;;;+3/p-3. The molecule has 3 aromatic carbocycles. The number of aromatic carboxylic acids is 3. The van der Waals surface area contributed by atoms with Gasteiger partial charge in [-0.15, -0.1) is 0 Å². The van der Waals surface area contributed by atoms with E-state index in [9.17, 15) is 29.7 Å². The molecule has 0 fully saturated rings. The Hall–Kier alpha value is -2.26. The monoisotopic (exact) mass is 639 g/mol. The summed E-state index contributed by atoms with van der Waals surface area (Å²) in [5.41, 5.74) is 15.9. The summed E-state index contributed by atoms with van der Waals surface area (Å²) in [5.74, 6) is -4.18. The number of benzene rings is 3. The van der Waals surface area contributed by atoms with Gasteiger partial charge in [0.15, 0.2) is 0 Å². The van der Waals surface area contributed by atoms with E-state index in [4.69, 9.17) is 86.8 Å². The van der Waals surface area contributed by atoms with Gasteiger partial charge in [0.25, 0.3) is 0 Å². The Morgan fingerprint density at radius 3 is 0.838 bits per heavy atom. The Morgan fingerprint density at radius 2 is 0.676 bits per heavy atom. The molecule has 16 heteroatoms. The molecule has 0 saturated carbocycles. The maximum Gasteiger partial charge on any atom is 3.00 e. The molecule has 0 aliphatic heterocycles. The predicted octanol–water partition coefficient (Wildman–Crippen LogP) is 2.44. The number of nitrogen functional groups attached to an aromatic ring is 3. The zero-order valence-electron chi connectivity index (χ0n) is 18.0. The van der Waals surface area contributed by atoms with Crippen molar-refractivity contribution in [3.8, 4) is 0 Å². The molecule has 0 unspecified atom stereocenters. The van der Waals surface area contributed by atoms with Crippen LogP contribution in [-0.2, 0) is 0 Å². The summed E-state index contributed by atoms with van der Waals surface area (Å²) < 4.78 is 0. The minimum atomic E-state index is -1.39. The predicted molar refractivity (Wildman–Crippen MR) is 141 cm³/mol. The quantitative estimate of drug-likeness (QED) is 0.284. The van der Waals surface area contributed by atoms with Gasteiger partial charge in [0.1, 0.15) is 0 Å². The second kappa shape index (κ2) is 15.2. The number of nitrogens with two attached hydrogens (primary N) is 3. The number of carboxylic acid groups (broad SMARTS) is 3. The first kappa shape index (κ1) is 34.7. The Morgan fingerprint density at radius 1 is 0.486 bits per heavy atom. The first-order valence-electron chi connectivity index (χ1n) is 8.94. The van der Waals surface area contributed by atoms with E-state index in [0.29, 0.717) is 0 Å². The summed E-state index contributed by atoms with van der Waals surface area (Å²) >= 11 is 33.3. The summed E-state index contributed by atoms with van der Waals surface area (Å²) in [5, 5.41) is 31.8. The molecule has 0 aliphatic rings. The van der Waals surface area contributed by atoms with Gasteiger partial charge < -0.3 is 46.9 Å². The van der Waals surface area contributed by atoms with Crippen LogP contribution in [0.4, 0.5) is 17.1 Å². The third kappa shape index (κ3) is 10.2. The van der Waals surface area contributed by atoms with Gasteiger partial charge in [-0.1, -0.05) is 69.6 Å². The number of carbonyl (C=O) groups excluding carboxylic acids is 3. The molecule has 0 saturated heterocycles. The van der Waals surface area contributed by atoms with Crippen molar-refractivity contribution in [1.29, 1.82) is 0 Å². The largest absolute Gasteiger partial charge is 3.00 e. The van der Waals surface area contributed by atoms with Gasteiger partial charge >= 0.3 is 17.4 Å². The molecule has 0 bridgehead atoms. The Kier molecular flexibility index (Phi) is 14.3. The molecular formula is C21H12AlCl6N3O6. The second-order valence-corrected chi connectivity index (χ2v) is 8.88. The third-order valence-electron chi connectivity index (χ3n) is 3.86. The molecule has 3 aromatic rings. The summed E-state index contributed by atoms with van der Waals surface area (Å²) in [7, 11) is 0. The molecule has 3 rings (SSSR count). The van der Waals surface area contributed by atoms with E-state index in [1.807, 2.05) is 0 Å². The summed E-state index contributed by atoms with van der Waals surface area (Å²) in [6.45, 7) is 0. The minimum absolute atomic E-state index is 0. The fourth-order valence-corrected chi connectivity index (χ4v) is 3.52. The van der Waals surface area contributed by atoms with Crippen LogP contribution in [0.3, 0.4) is 0 Å². The minimum Gasteiger partial charge on any atom is -0.545 e. The first-order valence-corrected chi connectivity index (χ1v) is 11.2. The Labute approximate surface area is 250 Å². The smallest absolute Gasteiger partial charge is 0.545 e. The van der Waals surface area contributed by atoms with Crippen molar-refractivity contribution in [3.05, 3.63) is 83.2 Å². The van der Waals surface area contributed by atoms with Crippen LogP contribution >= 0.6 is 69.6 Å². The molecule has 6 N–H and O–H groups in total. The SMILES string of the molecule is Nc1cc(Cl)cc(C(=O)[O-])c1Cl.Nc1cc(Cl)cc(C(=O)[O-])c1Cl.Nc1cc(Cl)cc(C(=O)[O-])c1Cl.[Al+3]. The van der Waals surface area contributed by atoms with Gasteiger partial charge in [0.2, 0.25) is 0 Å². The van der Waals surface area contributed by atoms with Gasteiger partial charge in [-0.25, -0.2) is 0 Å². The van der Waals surface area contributed by atoms with Crippen LogP contribution in [0.2, 0.25) is 30.1 Å². The van der Waals surface area contributed by atoms with E-state index in [-0.39, 0.29) is 81.2 Å². The number of halogens is 6. The number of hydrogen-bond donors (Lipinski definition) is 3. The fourth-order valence-electron chi connectivity index (χ4n) is 2.28. The summed E-state index contributed by atoms with van der Waals surface area (Å²) in [4.78, 5) is 31.2. The van der Waals surface area contributed by atoms with Gasteiger partial charge in [-0.2, -0.15) is 0 Å². The Bertz CT molecular complexity index is 1180. The molecule has 0 aromatic heterocycles. The average Bonchev–Trinajstić information content (AvgIpc) is 2.76. The number of anilines is 3. The molecule has 0 aliphatic carbocycles. The van der Waals surface area contributed by atoms with Crippen molar-refractivity contribution in [1.82, 2.24) is 0 Å². The number of hydrogen-bond acceptors (Lipinski definition) is 9. The Balaban J connectivity index is 0.000000518. The van der Waals surface area contributed by atoms with Crippen molar-refractivity contribution in [3.63, 3.8) is 0 Å².